The van der Waals surface area contributed by atoms with Crippen LogP contribution in [0.25, 0.3) is 0 Å². The fraction of sp³-hybridized carbons (Fsp3) is 0.562. The molecule has 1 aliphatic heterocycles. The molecule has 1 aliphatic rings. The zero-order valence-corrected chi connectivity index (χ0v) is 12.2. The summed E-state index contributed by atoms with van der Waals surface area (Å²) in [5, 5.41) is 21.2. The number of hydrazine groups is 1. The van der Waals surface area contributed by atoms with Crippen LogP contribution in [0.5, 0.6) is 0 Å². The molecular formula is C16H23N3O. The van der Waals surface area contributed by atoms with Gasteiger partial charge in [0, 0.05) is 18.6 Å². The molecule has 2 N–H and O–H groups in total. The second kappa shape index (κ2) is 6.85. The molecule has 0 aromatic heterocycles. The van der Waals surface area contributed by atoms with E-state index in [1.54, 1.807) is 12.1 Å². The molecule has 3 atom stereocenters. The van der Waals surface area contributed by atoms with Crippen molar-refractivity contribution in [2.75, 3.05) is 6.54 Å². The van der Waals surface area contributed by atoms with Gasteiger partial charge in [0.1, 0.15) is 0 Å². The number of hydrogen-bond acceptors (Lipinski definition) is 4. The van der Waals surface area contributed by atoms with Gasteiger partial charge in [-0.15, -0.1) is 0 Å². The van der Waals surface area contributed by atoms with Crippen LogP contribution in [0.3, 0.4) is 0 Å². The van der Waals surface area contributed by atoms with Crippen LogP contribution in [0.4, 0.5) is 0 Å². The summed E-state index contributed by atoms with van der Waals surface area (Å²) in [4.78, 5) is 0. The molecule has 0 aliphatic carbocycles. The molecule has 3 unspecified atom stereocenters. The highest BCUT2D eigenvalue weighted by Gasteiger charge is 2.24. The zero-order valence-electron chi connectivity index (χ0n) is 12.2. The average molecular weight is 273 g/mol. The van der Waals surface area contributed by atoms with Crippen LogP contribution in [-0.4, -0.2) is 28.7 Å². The molecule has 4 heteroatoms. The van der Waals surface area contributed by atoms with Crippen molar-refractivity contribution in [3.63, 3.8) is 0 Å². The third kappa shape index (κ3) is 3.57. The number of nitriles is 1. The molecule has 1 aromatic carbocycles. The lowest BCUT2D eigenvalue weighted by atomic mass is 10.00. The number of aliphatic hydroxyl groups excluding tert-OH is 1. The van der Waals surface area contributed by atoms with Crippen molar-refractivity contribution in [1.29, 1.82) is 5.26 Å². The van der Waals surface area contributed by atoms with E-state index >= 15 is 0 Å². The van der Waals surface area contributed by atoms with Gasteiger partial charge in [0.15, 0.2) is 0 Å². The van der Waals surface area contributed by atoms with Crippen molar-refractivity contribution in [3.05, 3.63) is 35.4 Å². The number of nitrogens with zero attached hydrogens (tertiary/aromatic N) is 2. The van der Waals surface area contributed by atoms with Crippen LogP contribution in [0.15, 0.2) is 24.3 Å². The third-order valence-corrected chi connectivity index (χ3v) is 4.09. The highest BCUT2D eigenvalue weighted by Crippen LogP contribution is 2.21. The normalized spacial score (nSPS) is 25.1. The first kappa shape index (κ1) is 15.0. The number of nitrogens with one attached hydrogen (secondary N) is 1. The van der Waals surface area contributed by atoms with E-state index in [9.17, 15) is 5.11 Å². The summed E-state index contributed by atoms with van der Waals surface area (Å²) in [5.74, 6) is 0. The van der Waals surface area contributed by atoms with Crippen LogP contribution < -0.4 is 5.43 Å². The summed E-state index contributed by atoms with van der Waals surface area (Å²) in [6.45, 7) is 4.94. The number of rotatable bonds is 4. The Bertz CT molecular complexity index is 456. The lowest BCUT2D eigenvalue weighted by molar-refractivity contribution is 0.0262. The van der Waals surface area contributed by atoms with E-state index in [4.69, 9.17) is 5.26 Å². The Kier molecular flexibility index (Phi) is 5.13. The Hall–Kier alpha value is -1.41. The Morgan fingerprint density at radius 3 is 2.45 bits per heavy atom. The van der Waals surface area contributed by atoms with Crippen LogP contribution >= 0.6 is 0 Å². The van der Waals surface area contributed by atoms with Gasteiger partial charge in [0.25, 0.3) is 0 Å². The van der Waals surface area contributed by atoms with Crippen molar-refractivity contribution in [2.45, 2.75) is 51.3 Å². The molecule has 0 spiro atoms. The predicted octanol–water partition coefficient (Wildman–Crippen LogP) is 2.36. The van der Waals surface area contributed by atoms with Crippen LogP contribution in [-0.2, 0) is 0 Å². The van der Waals surface area contributed by atoms with E-state index in [2.05, 4.69) is 30.4 Å². The van der Waals surface area contributed by atoms with Crippen molar-refractivity contribution < 1.29 is 5.11 Å². The lowest BCUT2D eigenvalue weighted by Gasteiger charge is -2.39. The minimum Gasteiger partial charge on any atom is -0.387 e. The standard InChI is InChI=1S/C16H23N3O/c1-12-4-3-5-13(2)19(12)18-11-16(20)15-8-6-14(10-17)7-9-15/h6-9,12-13,16,18,20H,3-5,11H2,1-2H3. The molecule has 4 nitrogen and oxygen atoms in total. The van der Waals surface area contributed by atoms with Gasteiger partial charge in [-0.3, -0.25) is 5.43 Å². The zero-order chi connectivity index (χ0) is 14.5. The Morgan fingerprint density at radius 1 is 1.30 bits per heavy atom. The Labute approximate surface area is 121 Å². The quantitative estimate of drug-likeness (QED) is 0.884. The first-order chi connectivity index (χ1) is 9.61. The summed E-state index contributed by atoms with van der Waals surface area (Å²) in [6, 6.07) is 10.2. The van der Waals surface area contributed by atoms with Gasteiger partial charge in [0.2, 0.25) is 0 Å². The first-order valence-electron chi connectivity index (χ1n) is 7.31. The largest absolute Gasteiger partial charge is 0.387 e. The van der Waals surface area contributed by atoms with Gasteiger partial charge in [-0.05, 0) is 44.4 Å². The summed E-state index contributed by atoms with van der Waals surface area (Å²) < 4.78 is 0. The molecule has 1 saturated heterocycles. The highest BCUT2D eigenvalue weighted by molar-refractivity contribution is 5.32. The van der Waals surface area contributed by atoms with Crippen molar-refractivity contribution in [1.82, 2.24) is 10.4 Å². The molecule has 2 rings (SSSR count). The molecule has 108 valence electrons. The summed E-state index contributed by atoms with van der Waals surface area (Å²) in [6.07, 6.45) is 3.12. The minimum absolute atomic E-state index is 0.501. The SMILES string of the molecule is CC1CCCC(C)N1NCC(O)c1ccc(C#N)cc1. The molecule has 0 amide bonds. The van der Waals surface area contributed by atoms with Gasteiger partial charge < -0.3 is 5.11 Å². The van der Waals surface area contributed by atoms with Crippen LogP contribution in [0, 0.1) is 11.3 Å². The van der Waals surface area contributed by atoms with E-state index in [0.717, 1.165) is 5.56 Å². The van der Waals surface area contributed by atoms with Crippen LogP contribution in [0.1, 0.15) is 50.3 Å². The maximum atomic E-state index is 10.2. The molecule has 0 bridgehead atoms. The van der Waals surface area contributed by atoms with E-state index in [0.29, 0.717) is 24.2 Å². The number of benzene rings is 1. The lowest BCUT2D eigenvalue weighted by Crippen LogP contribution is -2.52. The fourth-order valence-electron chi connectivity index (χ4n) is 2.82. The van der Waals surface area contributed by atoms with E-state index in [1.807, 2.05) is 12.1 Å². The highest BCUT2D eigenvalue weighted by atomic mass is 16.3. The first-order valence-corrected chi connectivity index (χ1v) is 7.31. The summed E-state index contributed by atoms with van der Waals surface area (Å²) in [7, 11) is 0. The van der Waals surface area contributed by atoms with Crippen molar-refractivity contribution in [3.8, 4) is 6.07 Å². The Balaban J connectivity index is 1.90. The molecule has 1 heterocycles. The van der Waals surface area contributed by atoms with Gasteiger partial charge in [-0.2, -0.15) is 5.26 Å². The van der Waals surface area contributed by atoms with E-state index < -0.39 is 6.10 Å². The number of piperidine rings is 1. The van der Waals surface area contributed by atoms with Gasteiger partial charge in [0.05, 0.1) is 17.7 Å². The number of hydrogen-bond donors (Lipinski definition) is 2. The van der Waals surface area contributed by atoms with Crippen molar-refractivity contribution >= 4 is 0 Å². The minimum atomic E-state index is -0.552. The molecule has 0 radical (unpaired) electrons. The predicted molar refractivity (Wildman–Crippen MR) is 78.7 cm³/mol. The number of aliphatic hydroxyl groups is 1. The maximum absolute atomic E-state index is 10.2. The molecule has 1 aromatic rings. The smallest absolute Gasteiger partial charge is 0.0991 e. The van der Waals surface area contributed by atoms with Crippen molar-refractivity contribution in [2.24, 2.45) is 0 Å². The third-order valence-electron chi connectivity index (χ3n) is 4.09. The topological polar surface area (TPSA) is 59.3 Å². The molecular weight excluding hydrogens is 250 g/mol. The maximum Gasteiger partial charge on any atom is 0.0991 e. The summed E-state index contributed by atoms with van der Waals surface area (Å²) >= 11 is 0. The average Bonchev–Trinajstić information content (AvgIpc) is 2.46. The van der Waals surface area contributed by atoms with E-state index in [1.165, 1.54) is 19.3 Å². The fourth-order valence-corrected chi connectivity index (χ4v) is 2.82. The van der Waals surface area contributed by atoms with Crippen LogP contribution in [0.2, 0.25) is 0 Å². The molecule has 1 fully saturated rings. The van der Waals surface area contributed by atoms with Gasteiger partial charge in [-0.1, -0.05) is 18.6 Å². The second-order valence-electron chi connectivity index (χ2n) is 5.65. The monoisotopic (exact) mass is 273 g/mol. The Morgan fingerprint density at radius 2 is 1.90 bits per heavy atom. The molecule has 20 heavy (non-hydrogen) atoms. The summed E-state index contributed by atoms with van der Waals surface area (Å²) in [5.41, 5.74) is 4.83. The van der Waals surface area contributed by atoms with Gasteiger partial charge >= 0.3 is 0 Å². The molecule has 0 saturated carbocycles. The second-order valence-corrected chi connectivity index (χ2v) is 5.65. The van der Waals surface area contributed by atoms with E-state index in [-0.39, 0.29) is 0 Å². The van der Waals surface area contributed by atoms with Gasteiger partial charge in [-0.25, -0.2) is 5.01 Å².